The fraction of sp³-hybridized carbons (Fsp3) is 0.833. The van der Waals surface area contributed by atoms with Gasteiger partial charge in [0, 0.05) is 12.6 Å². The number of hydrogen-bond acceptors (Lipinski definition) is 4. The van der Waals surface area contributed by atoms with Crippen LogP contribution in [0.5, 0.6) is 0 Å². The summed E-state index contributed by atoms with van der Waals surface area (Å²) in [6.07, 6.45) is 0. The molecule has 1 saturated heterocycles. The first-order valence-corrected chi connectivity index (χ1v) is 6.26. The number of hydrogen-bond donors (Lipinski definition) is 2. The number of carbonyl (C=O) groups is 2. The summed E-state index contributed by atoms with van der Waals surface area (Å²) in [4.78, 5) is 25.0. The molecule has 3 N–H and O–H groups in total. The van der Waals surface area contributed by atoms with Crippen LogP contribution in [0.15, 0.2) is 0 Å². The van der Waals surface area contributed by atoms with Crippen molar-refractivity contribution in [3.05, 3.63) is 0 Å². The highest BCUT2D eigenvalue weighted by Crippen LogP contribution is 2.22. The zero-order valence-corrected chi connectivity index (χ0v) is 11.1. The van der Waals surface area contributed by atoms with E-state index < -0.39 is 11.9 Å². The maximum absolute atomic E-state index is 12.3. The topological polar surface area (TPSA) is 92.9 Å². The Balaban J connectivity index is 2.82. The van der Waals surface area contributed by atoms with Gasteiger partial charge in [-0.3, -0.25) is 9.59 Å². The lowest BCUT2D eigenvalue weighted by Crippen LogP contribution is -2.50. The van der Waals surface area contributed by atoms with E-state index in [1.54, 1.807) is 18.7 Å². The zero-order valence-electron chi connectivity index (χ0n) is 11.1. The lowest BCUT2D eigenvalue weighted by molar-refractivity contribution is -0.146. The molecule has 1 fully saturated rings. The van der Waals surface area contributed by atoms with Gasteiger partial charge in [0.25, 0.3) is 0 Å². The monoisotopic (exact) mass is 258 g/mol. The van der Waals surface area contributed by atoms with Crippen molar-refractivity contribution in [2.45, 2.75) is 32.9 Å². The minimum atomic E-state index is -0.919. The largest absolute Gasteiger partial charge is 0.481 e. The molecule has 0 aromatic rings. The van der Waals surface area contributed by atoms with Crippen molar-refractivity contribution in [2.24, 2.45) is 17.6 Å². The average molecular weight is 258 g/mol. The molecule has 0 aliphatic carbocycles. The fourth-order valence-corrected chi connectivity index (χ4v) is 2.13. The van der Waals surface area contributed by atoms with Gasteiger partial charge in [-0.25, -0.2) is 0 Å². The van der Waals surface area contributed by atoms with E-state index in [9.17, 15) is 9.59 Å². The molecule has 1 aliphatic heterocycles. The van der Waals surface area contributed by atoms with E-state index in [0.717, 1.165) is 0 Å². The molecule has 0 bridgehead atoms. The molecule has 18 heavy (non-hydrogen) atoms. The van der Waals surface area contributed by atoms with E-state index in [1.165, 1.54) is 0 Å². The summed E-state index contributed by atoms with van der Waals surface area (Å²) in [5.74, 6) is -1.99. The van der Waals surface area contributed by atoms with Crippen molar-refractivity contribution in [2.75, 3.05) is 19.8 Å². The Hall–Kier alpha value is -1.14. The number of carboxylic acid groups (broad SMARTS) is 1. The predicted octanol–water partition coefficient (Wildman–Crippen LogP) is -0.0822. The first-order valence-electron chi connectivity index (χ1n) is 6.26. The third-order valence-corrected chi connectivity index (χ3v) is 3.57. The number of ether oxygens (including phenoxy) is 1. The van der Waals surface area contributed by atoms with Gasteiger partial charge in [-0.15, -0.1) is 0 Å². The molecule has 4 atom stereocenters. The summed E-state index contributed by atoms with van der Waals surface area (Å²) in [6, 6.07) is -0.640. The average Bonchev–Trinajstić information content (AvgIpc) is 2.77. The molecule has 0 saturated carbocycles. The molecule has 1 amide bonds. The third kappa shape index (κ3) is 3.00. The minimum absolute atomic E-state index is 0.103. The van der Waals surface area contributed by atoms with Crippen LogP contribution in [0.1, 0.15) is 20.8 Å². The van der Waals surface area contributed by atoms with Crippen LogP contribution in [0, 0.1) is 11.8 Å². The quantitative estimate of drug-likeness (QED) is 0.719. The molecule has 4 unspecified atom stereocenters. The van der Waals surface area contributed by atoms with E-state index >= 15 is 0 Å². The van der Waals surface area contributed by atoms with Gasteiger partial charge in [0.05, 0.1) is 25.2 Å². The lowest BCUT2D eigenvalue weighted by Gasteiger charge is -2.32. The second kappa shape index (κ2) is 6.15. The van der Waals surface area contributed by atoms with Crippen LogP contribution in [0.25, 0.3) is 0 Å². The molecular weight excluding hydrogens is 236 g/mol. The van der Waals surface area contributed by atoms with Crippen molar-refractivity contribution < 1.29 is 19.4 Å². The Morgan fingerprint density at radius 1 is 1.44 bits per heavy atom. The number of likely N-dealkylation sites (N-methyl/N-ethyl adjacent to an activating group) is 1. The fourth-order valence-electron chi connectivity index (χ4n) is 2.13. The van der Waals surface area contributed by atoms with E-state index in [1.807, 2.05) is 6.92 Å². The number of carbonyl (C=O) groups excluding carboxylic acids is 1. The van der Waals surface area contributed by atoms with E-state index in [4.69, 9.17) is 15.6 Å². The highest BCUT2D eigenvalue weighted by atomic mass is 16.5. The van der Waals surface area contributed by atoms with E-state index in [2.05, 4.69) is 0 Å². The summed E-state index contributed by atoms with van der Waals surface area (Å²) >= 11 is 0. The number of amides is 1. The van der Waals surface area contributed by atoms with E-state index in [0.29, 0.717) is 6.54 Å². The van der Waals surface area contributed by atoms with Crippen molar-refractivity contribution in [1.82, 2.24) is 4.90 Å². The molecule has 1 heterocycles. The van der Waals surface area contributed by atoms with Crippen LogP contribution in [0.2, 0.25) is 0 Å². The van der Waals surface area contributed by atoms with Crippen LogP contribution >= 0.6 is 0 Å². The van der Waals surface area contributed by atoms with Crippen molar-refractivity contribution >= 4 is 11.9 Å². The van der Waals surface area contributed by atoms with Gasteiger partial charge in [-0.05, 0) is 13.8 Å². The summed E-state index contributed by atoms with van der Waals surface area (Å²) in [7, 11) is 0. The first kappa shape index (κ1) is 14.9. The Kier molecular flexibility index (Phi) is 5.10. The molecule has 6 nitrogen and oxygen atoms in total. The molecule has 1 aliphatic rings. The van der Waals surface area contributed by atoms with Gasteiger partial charge in [0.2, 0.25) is 5.91 Å². The number of aliphatic carboxylic acids is 1. The van der Waals surface area contributed by atoms with Crippen LogP contribution in [-0.4, -0.2) is 53.7 Å². The minimum Gasteiger partial charge on any atom is -0.481 e. The zero-order chi connectivity index (χ0) is 13.9. The second-order valence-corrected chi connectivity index (χ2v) is 4.82. The number of rotatable bonds is 5. The molecule has 0 aromatic carbocycles. The van der Waals surface area contributed by atoms with Crippen molar-refractivity contribution in [3.8, 4) is 0 Å². The Labute approximate surface area is 107 Å². The van der Waals surface area contributed by atoms with Gasteiger partial charge in [0.1, 0.15) is 5.92 Å². The van der Waals surface area contributed by atoms with Crippen molar-refractivity contribution in [3.63, 3.8) is 0 Å². The molecule has 1 rings (SSSR count). The molecule has 0 aromatic heterocycles. The normalized spacial score (nSPS) is 26.7. The highest BCUT2D eigenvalue weighted by Gasteiger charge is 2.40. The predicted molar refractivity (Wildman–Crippen MR) is 65.9 cm³/mol. The summed E-state index contributed by atoms with van der Waals surface area (Å²) in [5.41, 5.74) is 5.73. The maximum Gasteiger partial charge on any atom is 0.311 e. The Bertz CT molecular complexity index is 319. The van der Waals surface area contributed by atoms with Crippen LogP contribution < -0.4 is 5.73 Å². The second-order valence-electron chi connectivity index (χ2n) is 4.82. The highest BCUT2D eigenvalue weighted by molar-refractivity contribution is 5.81. The SMILES string of the molecule is CCN(C(=O)C(C)C(C)N)C1COCC1C(=O)O. The van der Waals surface area contributed by atoms with Crippen LogP contribution in [0.4, 0.5) is 0 Å². The van der Waals surface area contributed by atoms with Crippen LogP contribution in [0.3, 0.4) is 0 Å². The molecular formula is C12H22N2O4. The first-order chi connectivity index (χ1) is 8.40. The molecule has 6 heteroatoms. The van der Waals surface area contributed by atoms with Crippen molar-refractivity contribution in [1.29, 1.82) is 0 Å². The van der Waals surface area contributed by atoms with Gasteiger partial charge in [0.15, 0.2) is 0 Å². The number of nitrogens with two attached hydrogens (primary N) is 1. The lowest BCUT2D eigenvalue weighted by atomic mass is 9.98. The molecule has 104 valence electrons. The summed E-state index contributed by atoms with van der Waals surface area (Å²) in [5, 5.41) is 9.11. The molecule has 0 spiro atoms. The standard InChI is InChI=1S/C12H22N2O4/c1-4-14(11(15)7(2)8(3)13)10-6-18-5-9(10)12(16)17/h7-10H,4-6,13H2,1-3H3,(H,16,17). The third-order valence-electron chi connectivity index (χ3n) is 3.57. The summed E-state index contributed by atoms with van der Waals surface area (Å²) < 4.78 is 5.20. The van der Waals surface area contributed by atoms with Gasteiger partial charge in [-0.1, -0.05) is 6.92 Å². The number of nitrogens with zero attached hydrogens (tertiary/aromatic N) is 1. The summed E-state index contributed by atoms with van der Waals surface area (Å²) in [6.45, 7) is 6.28. The van der Waals surface area contributed by atoms with Gasteiger partial charge in [-0.2, -0.15) is 0 Å². The van der Waals surface area contributed by atoms with Crippen LogP contribution in [-0.2, 0) is 14.3 Å². The van der Waals surface area contributed by atoms with E-state index in [-0.39, 0.29) is 37.1 Å². The van der Waals surface area contributed by atoms with Gasteiger partial charge < -0.3 is 20.5 Å². The number of carboxylic acids is 1. The maximum atomic E-state index is 12.3. The Morgan fingerprint density at radius 3 is 2.50 bits per heavy atom. The Morgan fingerprint density at radius 2 is 2.06 bits per heavy atom. The molecule has 0 radical (unpaired) electrons. The smallest absolute Gasteiger partial charge is 0.311 e. The van der Waals surface area contributed by atoms with Gasteiger partial charge >= 0.3 is 5.97 Å².